The Morgan fingerprint density at radius 1 is 1.27 bits per heavy atom. The minimum atomic E-state index is 0.0833. The summed E-state index contributed by atoms with van der Waals surface area (Å²) in [5.41, 5.74) is 3.12. The number of aryl methyl sites for hydroxylation is 1. The highest BCUT2D eigenvalue weighted by Gasteiger charge is 2.11. The molecule has 22 heavy (non-hydrogen) atoms. The van der Waals surface area contributed by atoms with Crippen molar-refractivity contribution in [3.63, 3.8) is 0 Å². The van der Waals surface area contributed by atoms with E-state index >= 15 is 0 Å². The van der Waals surface area contributed by atoms with E-state index in [-0.39, 0.29) is 5.91 Å². The standard InChI is InChI=1S/C18H27N3O/c1-12(2)8-9-19-18(22)11-15-6-7-17-16(10-15)20-14(5)21(17)13(3)4/h6-7,10,12-13H,8-9,11H2,1-5H3,(H,19,22). The van der Waals surface area contributed by atoms with Gasteiger partial charge in [-0.15, -0.1) is 0 Å². The van der Waals surface area contributed by atoms with Crippen LogP contribution < -0.4 is 5.32 Å². The van der Waals surface area contributed by atoms with Crippen molar-refractivity contribution in [3.05, 3.63) is 29.6 Å². The van der Waals surface area contributed by atoms with Crippen LogP contribution in [-0.4, -0.2) is 22.0 Å². The van der Waals surface area contributed by atoms with E-state index in [1.165, 1.54) is 0 Å². The van der Waals surface area contributed by atoms with Gasteiger partial charge in [-0.1, -0.05) is 19.9 Å². The maximum Gasteiger partial charge on any atom is 0.224 e. The zero-order chi connectivity index (χ0) is 16.3. The van der Waals surface area contributed by atoms with Gasteiger partial charge in [0.15, 0.2) is 0 Å². The highest BCUT2D eigenvalue weighted by Crippen LogP contribution is 2.22. The Kier molecular flexibility index (Phi) is 5.22. The van der Waals surface area contributed by atoms with Crippen LogP contribution in [0.15, 0.2) is 18.2 Å². The predicted octanol–water partition coefficient (Wildman–Crippen LogP) is 3.63. The van der Waals surface area contributed by atoms with Crippen molar-refractivity contribution in [1.82, 2.24) is 14.9 Å². The maximum absolute atomic E-state index is 12.0. The molecular formula is C18H27N3O. The first kappa shape index (κ1) is 16.5. The number of aromatic nitrogens is 2. The van der Waals surface area contributed by atoms with Gasteiger partial charge in [-0.3, -0.25) is 4.79 Å². The summed E-state index contributed by atoms with van der Waals surface area (Å²) in [6, 6.07) is 6.52. The van der Waals surface area contributed by atoms with Crippen molar-refractivity contribution in [2.75, 3.05) is 6.54 Å². The van der Waals surface area contributed by atoms with E-state index in [9.17, 15) is 4.79 Å². The second-order valence-corrected chi connectivity index (χ2v) is 6.66. The van der Waals surface area contributed by atoms with Gasteiger partial charge < -0.3 is 9.88 Å². The van der Waals surface area contributed by atoms with E-state index < -0.39 is 0 Å². The van der Waals surface area contributed by atoms with Crippen LogP contribution in [0, 0.1) is 12.8 Å². The van der Waals surface area contributed by atoms with Crippen LogP contribution >= 0.6 is 0 Å². The lowest BCUT2D eigenvalue weighted by Crippen LogP contribution is -2.26. The molecule has 1 aromatic carbocycles. The molecule has 0 saturated carbocycles. The Balaban J connectivity index is 2.09. The molecule has 2 rings (SSSR count). The highest BCUT2D eigenvalue weighted by molar-refractivity contribution is 5.82. The van der Waals surface area contributed by atoms with Crippen LogP contribution in [0.4, 0.5) is 0 Å². The second kappa shape index (κ2) is 6.95. The number of nitrogens with one attached hydrogen (secondary N) is 1. The number of benzene rings is 1. The lowest BCUT2D eigenvalue weighted by molar-refractivity contribution is -0.120. The van der Waals surface area contributed by atoms with Crippen molar-refractivity contribution in [3.8, 4) is 0 Å². The molecule has 1 heterocycles. The zero-order valence-electron chi connectivity index (χ0n) is 14.3. The Morgan fingerprint density at radius 2 is 2.00 bits per heavy atom. The minimum Gasteiger partial charge on any atom is -0.356 e. The third-order valence-electron chi connectivity index (χ3n) is 3.86. The van der Waals surface area contributed by atoms with Gasteiger partial charge >= 0.3 is 0 Å². The average Bonchev–Trinajstić information content (AvgIpc) is 2.73. The van der Waals surface area contributed by atoms with Gasteiger partial charge in [0.05, 0.1) is 17.5 Å². The normalized spacial score (nSPS) is 11.6. The maximum atomic E-state index is 12.0. The molecule has 0 spiro atoms. The first-order valence-corrected chi connectivity index (χ1v) is 8.12. The van der Waals surface area contributed by atoms with Crippen LogP contribution in [0.5, 0.6) is 0 Å². The zero-order valence-corrected chi connectivity index (χ0v) is 14.3. The average molecular weight is 301 g/mol. The molecule has 0 bridgehead atoms. The molecule has 1 N–H and O–H groups in total. The number of hydrogen-bond acceptors (Lipinski definition) is 2. The van der Waals surface area contributed by atoms with Gasteiger partial charge in [-0.25, -0.2) is 4.98 Å². The molecular weight excluding hydrogens is 274 g/mol. The quantitative estimate of drug-likeness (QED) is 0.885. The van der Waals surface area contributed by atoms with E-state index in [2.05, 4.69) is 48.6 Å². The van der Waals surface area contributed by atoms with Crippen LogP contribution in [0.1, 0.15) is 51.5 Å². The van der Waals surface area contributed by atoms with Gasteiger partial charge in [-0.2, -0.15) is 0 Å². The van der Waals surface area contributed by atoms with Gasteiger partial charge in [0.25, 0.3) is 0 Å². The Hall–Kier alpha value is -1.84. The topological polar surface area (TPSA) is 46.9 Å². The molecule has 0 saturated heterocycles. The number of nitrogens with zero attached hydrogens (tertiary/aromatic N) is 2. The monoisotopic (exact) mass is 301 g/mol. The molecule has 120 valence electrons. The molecule has 0 fully saturated rings. The molecule has 1 aromatic heterocycles. The number of hydrogen-bond donors (Lipinski definition) is 1. The molecule has 2 aromatic rings. The highest BCUT2D eigenvalue weighted by atomic mass is 16.1. The summed E-state index contributed by atoms with van der Waals surface area (Å²) >= 11 is 0. The summed E-state index contributed by atoms with van der Waals surface area (Å²) in [5, 5.41) is 2.98. The lowest BCUT2D eigenvalue weighted by atomic mass is 10.1. The van der Waals surface area contributed by atoms with Crippen LogP contribution in [0.3, 0.4) is 0 Å². The van der Waals surface area contributed by atoms with Gasteiger partial charge in [0.2, 0.25) is 5.91 Å². The fourth-order valence-corrected chi connectivity index (χ4v) is 2.77. The molecule has 0 aliphatic rings. The summed E-state index contributed by atoms with van der Waals surface area (Å²) in [7, 11) is 0. The first-order chi connectivity index (χ1) is 10.4. The van der Waals surface area contributed by atoms with Crippen molar-refractivity contribution in [2.24, 2.45) is 5.92 Å². The van der Waals surface area contributed by atoms with Crippen LogP contribution in [-0.2, 0) is 11.2 Å². The molecule has 0 atom stereocenters. The van der Waals surface area contributed by atoms with Gasteiger partial charge in [0.1, 0.15) is 5.82 Å². The van der Waals surface area contributed by atoms with Gasteiger partial charge in [-0.05, 0) is 50.8 Å². The molecule has 0 aliphatic carbocycles. The molecule has 4 heteroatoms. The summed E-state index contributed by atoms with van der Waals surface area (Å²) < 4.78 is 2.22. The molecule has 0 aliphatic heterocycles. The Labute approximate surface area is 132 Å². The number of rotatable bonds is 6. The largest absolute Gasteiger partial charge is 0.356 e. The molecule has 0 radical (unpaired) electrons. The predicted molar refractivity (Wildman–Crippen MR) is 91.0 cm³/mol. The number of carbonyl (C=O) groups excluding carboxylic acids is 1. The summed E-state index contributed by atoms with van der Waals surface area (Å²) in [5.74, 6) is 1.71. The Morgan fingerprint density at radius 3 is 2.64 bits per heavy atom. The van der Waals surface area contributed by atoms with Crippen LogP contribution in [0.2, 0.25) is 0 Å². The van der Waals surface area contributed by atoms with E-state index in [1.807, 2.05) is 19.1 Å². The van der Waals surface area contributed by atoms with E-state index in [4.69, 9.17) is 0 Å². The third kappa shape index (κ3) is 3.87. The van der Waals surface area contributed by atoms with Crippen molar-refractivity contribution in [1.29, 1.82) is 0 Å². The van der Waals surface area contributed by atoms with E-state index in [0.29, 0.717) is 18.4 Å². The fourth-order valence-electron chi connectivity index (χ4n) is 2.77. The summed E-state index contributed by atoms with van der Waals surface area (Å²) in [6.45, 7) is 11.4. The van der Waals surface area contributed by atoms with Crippen molar-refractivity contribution in [2.45, 2.75) is 53.5 Å². The van der Waals surface area contributed by atoms with Crippen molar-refractivity contribution < 1.29 is 4.79 Å². The smallest absolute Gasteiger partial charge is 0.224 e. The lowest BCUT2D eigenvalue weighted by Gasteiger charge is -2.11. The van der Waals surface area contributed by atoms with Crippen LogP contribution in [0.25, 0.3) is 11.0 Å². The first-order valence-electron chi connectivity index (χ1n) is 8.12. The van der Waals surface area contributed by atoms with Gasteiger partial charge in [0, 0.05) is 12.6 Å². The summed E-state index contributed by atoms with van der Waals surface area (Å²) in [4.78, 5) is 16.6. The van der Waals surface area contributed by atoms with Crippen molar-refractivity contribution >= 4 is 16.9 Å². The number of amides is 1. The van der Waals surface area contributed by atoms with E-state index in [0.717, 1.165) is 35.4 Å². The number of carbonyl (C=O) groups is 1. The SMILES string of the molecule is Cc1nc2cc(CC(=O)NCCC(C)C)ccc2n1C(C)C. The second-order valence-electron chi connectivity index (χ2n) is 6.66. The minimum absolute atomic E-state index is 0.0833. The Bertz CT molecular complexity index is 656. The third-order valence-corrected chi connectivity index (χ3v) is 3.86. The molecule has 1 amide bonds. The number of fused-ring (bicyclic) bond motifs is 1. The van der Waals surface area contributed by atoms with E-state index in [1.54, 1.807) is 0 Å². The summed E-state index contributed by atoms with van der Waals surface area (Å²) in [6.07, 6.45) is 1.43. The molecule has 0 unspecified atom stereocenters. The fraction of sp³-hybridized carbons (Fsp3) is 0.556. The molecule has 4 nitrogen and oxygen atoms in total. The number of imidazole rings is 1.